The Morgan fingerprint density at radius 1 is 1.04 bits per heavy atom. The summed E-state index contributed by atoms with van der Waals surface area (Å²) in [6.07, 6.45) is 0. The first-order valence-corrected chi connectivity index (χ1v) is 10.3. The second-order valence-corrected chi connectivity index (χ2v) is 8.32. The molecule has 146 valence electrons. The van der Waals surface area contributed by atoms with Gasteiger partial charge in [-0.2, -0.15) is 4.72 Å². The van der Waals surface area contributed by atoms with Crippen LogP contribution in [0.1, 0.15) is 26.3 Å². The minimum Gasteiger partial charge on any atom is -0.494 e. The monoisotopic (exact) mass is 390 g/mol. The largest absolute Gasteiger partial charge is 0.494 e. The number of aryl methyl sites for hydroxylation is 1. The van der Waals surface area contributed by atoms with Crippen molar-refractivity contribution in [2.45, 2.75) is 38.6 Å². The highest BCUT2D eigenvalue weighted by atomic mass is 32.2. The third-order valence-corrected chi connectivity index (χ3v) is 5.45. The Kier molecular flexibility index (Phi) is 6.98. The van der Waals surface area contributed by atoms with Crippen LogP contribution in [0, 0.1) is 12.8 Å². The van der Waals surface area contributed by atoms with Crippen molar-refractivity contribution < 1.29 is 17.9 Å². The van der Waals surface area contributed by atoms with Crippen molar-refractivity contribution in [3.63, 3.8) is 0 Å². The van der Waals surface area contributed by atoms with Gasteiger partial charge in [-0.3, -0.25) is 4.79 Å². The van der Waals surface area contributed by atoms with E-state index in [1.165, 1.54) is 12.1 Å². The maximum Gasteiger partial charge on any atom is 0.242 e. The number of rotatable bonds is 8. The summed E-state index contributed by atoms with van der Waals surface area (Å²) in [6.45, 7) is 7.91. The van der Waals surface area contributed by atoms with Crippen molar-refractivity contribution in [3.05, 3.63) is 54.1 Å². The van der Waals surface area contributed by atoms with Crippen molar-refractivity contribution >= 4 is 21.6 Å². The Balaban J connectivity index is 2.13. The zero-order valence-corrected chi connectivity index (χ0v) is 16.8. The van der Waals surface area contributed by atoms with Gasteiger partial charge in [0, 0.05) is 5.69 Å². The van der Waals surface area contributed by atoms with E-state index in [2.05, 4.69) is 10.0 Å². The van der Waals surface area contributed by atoms with E-state index in [0.717, 1.165) is 5.56 Å². The average molecular weight is 391 g/mol. The number of amides is 1. The van der Waals surface area contributed by atoms with Crippen LogP contribution in [0.4, 0.5) is 5.69 Å². The molecule has 0 aromatic heterocycles. The first-order chi connectivity index (χ1) is 12.7. The minimum absolute atomic E-state index is 0.132. The molecule has 2 aromatic carbocycles. The summed E-state index contributed by atoms with van der Waals surface area (Å²) in [6, 6.07) is 12.5. The lowest BCUT2D eigenvalue weighted by Crippen LogP contribution is -2.47. The molecular formula is C20H26N2O4S. The van der Waals surface area contributed by atoms with Gasteiger partial charge < -0.3 is 10.1 Å². The number of anilines is 1. The van der Waals surface area contributed by atoms with Crippen LogP contribution in [0.15, 0.2) is 53.4 Å². The van der Waals surface area contributed by atoms with Crippen molar-refractivity contribution in [1.82, 2.24) is 4.72 Å². The molecule has 0 saturated heterocycles. The molecular weight excluding hydrogens is 364 g/mol. The summed E-state index contributed by atoms with van der Waals surface area (Å²) >= 11 is 0. The van der Waals surface area contributed by atoms with Gasteiger partial charge >= 0.3 is 0 Å². The second-order valence-electron chi connectivity index (χ2n) is 6.60. The summed E-state index contributed by atoms with van der Waals surface area (Å²) in [5.74, 6) is 0.0637. The summed E-state index contributed by atoms with van der Waals surface area (Å²) < 4.78 is 33.1. The first kappa shape index (κ1) is 20.9. The fourth-order valence-electron chi connectivity index (χ4n) is 2.47. The smallest absolute Gasteiger partial charge is 0.242 e. The fraction of sp³-hybridized carbons (Fsp3) is 0.350. The Morgan fingerprint density at radius 3 is 2.15 bits per heavy atom. The number of hydrogen-bond acceptors (Lipinski definition) is 4. The van der Waals surface area contributed by atoms with Crippen LogP contribution in [0.25, 0.3) is 0 Å². The molecule has 6 nitrogen and oxygen atoms in total. The topological polar surface area (TPSA) is 84.5 Å². The molecule has 0 bridgehead atoms. The van der Waals surface area contributed by atoms with Gasteiger partial charge in [0.15, 0.2) is 0 Å². The van der Waals surface area contributed by atoms with Crippen LogP contribution in [-0.4, -0.2) is 27.0 Å². The van der Waals surface area contributed by atoms with Gasteiger partial charge in [0.25, 0.3) is 0 Å². The van der Waals surface area contributed by atoms with Gasteiger partial charge in [0.2, 0.25) is 15.9 Å². The lowest BCUT2D eigenvalue weighted by atomic mass is 10.0. The first-order valence-electron chi connectivity index (χ1n) is 8.85. The molecule has 27 heavy (non-hydrogen) atoms. The van der Waals surface area contributed by atoms with Crippen molar-refractivity contribution in [2.75, 3.05) is 11.9 Å². The number of ether oxygens (including phenoxy) is 1. The zero-order chi connectivity index (χ0) is 20.0. The third-order valence-electron chi connectivity index (χ3n) is 4.00. The van der Waals surface area contributed by atoms with Crippen molar-refractivity contribution in [3.8, 4) is 5.75 Å². The Hall–Kier alpha value is -2.38. The van der Waals surface area contributed by atoms with Crippen molar-refractivity contribution in [1.29, 1.82) is 0 Å². The quantitative estimate of drug-likeness (QED) is 0.724. The summed E-state index contributed by atoms with van der Waals surface area (Å²) in [7, 11) is -3.80. The molecule has 0 spiro atoms. The molecule has 1 amide bonds. The highest BCUT2D eigenvalue weighted by molar-refractivity contribution is 7.89. The molecule has 0 saturated carbocycles. The number of carbonyl (C=O) groups excluding carboxylic acids is 1. The zero-order valence-electron chi connectivity index (χ0n) is 16.0. The van der Waals surface area contributed by atoms with Gasteiger partial charge in [0.05, 0.1) is 11.5 Å². The minimum atomic E-state index is -3.80. The van der Waals surface area contributed by atoms with E-state index in [1.54, 1.807) is 50.2 Å². The van der Waals surface area contributed by atoms with Crippen LogP contribution in [0.3, 0.4) is 0 Å². The van der Waals surface area contributed by atoms with Gasteiger partial charge in [-0.05, 0) is 56.2 Å². The number of hydrogen-bond donors (Lipinski definition) is 2. The molecule has 2 N–H and O–H groups in total. The Bertz CT molecular complexity index is 860. The van der Waals surface area contributed by atoms with Crippen molar-refractivity contribution in [2.24, 2.45) is 5.92 Å². The molecule has 1 atom stereocenters. The molecule has 0 fully saturated rings. The molecule has 0 heterocycles. The lowest BCUT2D eigenvalue weighted by molar-refractivity contribution is -0.118. The van der Waals surface area contributed by atoms with E-state index in [0.29, 0.717) is 18.0 Å². The van der Waals surface area contributed by atoms with Gasteiger partial charge in [0.1, 0.15) is 11.8 Å². The number of sulfonamides is 1. The summed E-state index contributed by atoms with van der Waals surface area (Å²) in [4.78, 5) is 12.8. The van der Waals surface area contributed by atoms with E-state index >= 15 is 0 Å². The number of benzene rings is 2. The van der Waals surface area contributed by atoms with Crippen LogP contribution in [-0.2, 0) is 14.8 Å². The standard InChI is InChI=1S/C20H26N2O4S/c1-5-26-17-10-8-16(9-11-17)21-20(23)19(14(2)3)22-27(24,25)18-12-6-15(4)7-13-18/h6-14,19,22H,5H2,1-4H3,(H,21,23)/t19-/m1/s1. The maximum absolute atomic E-state index is 12.7. The summed E-state index contributed by atoms with van der Waals surface area (Å²) in [5.41, 5.74) is 1.53. The fourth-order valence-corrected chi connectivity index (χ4v) is 3.81. The predicted molar refractivity (Wildman–Crippen MR) is 106 cm³/mol. The van der Waals surface area contributed by atoms with E-state index in [-0.39, 0.29) is 10.8 Å². The van der Waals surface area contributed by atoms with Gasteiger partial charge in [-0.25, -0.2) is 8.42 Å². The highest BCUT2D eigenvalue weighted by Crippen LogP contribution is 2.18. The van der Waals surface area contributed by atoms with Gasteiger partial charge in [-0.1, -0.05) is 31.5 Å². The SMILES string of the molecule is CCOc1ccc(NC(=O)[C@H](NS(=O)(=O)c2ccc(C)cc2)C(C)C)cc1. The number of nitrogens with one attached hydrogen (secondary N) is 2. The van der Waals surface area contributed by atoms with E-state index in [1.807, 2.05) is 13.8 Å². The molecule has 0 unspecified atom stereocenters. The average Bonchev–Trinajstić information content (AvgIpc) is 2.61. The highest BCUT2D eigenvalue weighted by Gasteiger charge is 2.28. The molecule has 7 heteroatoms. The van der Waals surface area contributed by atoms with Gasteiger partial charge in [-0.15, -0.1) is 0 Å². The molecule has 0 aliphatic carbocycles. The Morgan fingerprint density at radius 2 is 1.63 bits per heavy atom. The predicted octanol–water partition coefficient (Wildman–Crippen LogP) is 3.34. The van der Waals surface area contributed by atoms with E-state index in [4.69, 9.17) is 4.74 Å². The van der Waals surface area contributed by atoms with Crippen LogP contribution >= 0.6 is 0 Å². The maximum atomic E-state index is 12.7. The molecule has 2 rings (SSSR count). The summed E-state index contributed by atoms with van der Waals surface area (Å²) in [5, 5.41) is 2.75. The van der Waals surface area contributed by atoms with Crippen LogP contribution in [0.5, 0.6) is 5.75 Å². The molecule has 0 radical (unpaired) electrons. The van der Waals surface area contributed by atoms with Crippen LogP contribution < -0.4 is 14.8 Å². The Labute approximate surface area is 161 Å². The van der Waals surface area contributed by atoms with E-state index < -0.39 is 22.0 Å². The molecule has 2 aromatic rings. The lowest BCUT2D eigenvalue weighted by Gasteiger charge is -2.22. The normalized spacial score (nSPS) is 12.6. The second kappa shape index (κ2) is 9.01. The van der Waals surface area contributed by atoms with Crippen LogP contribution in [0.2, 0.25) is 0 Å². The molecule has 0 aliphatic rings. The molecule has 0 aliphatic heterocycles. The number of carbonyl (C=O) groups is 1. The van der Waals surface area contributed by atoms with E-state index in [9.17, 15) is 13.2 Å². The third kappa shape index (κ3) is 5.80.